The van der Waals surface area contributed by atoms with E-state index in [0.717, 1.165) is 32.5 Å². The van der Waals surface area contributed by atoms with Crippen LogP contribution in [0.1, 0.15) is 39.5 Å². The zero-order chi connectivity index (χ0) is 12.5. The summed E-state index contributed by atoms with van der Waals surface area (Å²) in [5, 5.41) is 6.07. The summed E-state index contributed by atoms with van der Waals surface area (Å²) in [6.45, 7) is 7.15. The van der Waals surface area contributed by atoms with Gasteiger partial charge in [0.15, 0.2) is 0 Å². The maximum atomic E-state index is 11.5. The van der Waals surface area contributed by atoms with Gasteiger partial charge in [-0.25, -0.2) is 0 Å². The molecule has 1 rings (SSSR count). The number of amides is 1. The molecule has 17 heavy (non-hydrogen) atoms. The summed E-state index contributed by atoms with van der Waals surface area (Å²) < 4.78 is 5.58. The molecule has 4 heteroatoms. The van der Waals surface area contributed by atoms with Gasteiger partial charge in [0.05, 0.1) is 12.6 Å². The van der Waals surface area contributed by atoms with E-state index in [1.54, 1.807) is 0 Å². The van der Waals surface area contributed by atoms with Gasteiger partial charge < -0.3 is 15.4 Å². The number of hydrogen-bond donors (Lipinski definition) is 2. The lowest BCUT2D eigenvalue weighted by molar-refractivity contribution is -0.120. The van der Waals surface area contributed by atoms with Crippen molar-refractivity contribution < 1.29 is 9.53 Å². The van der Waals surface area contributed by atoms with Crippen LogP contribution in [0.4, 0.5) is 0 Å². The van der Waals surface area contributed by atoms with E-state index in [1.807, 2.05) is 0 Å². The lowest BCUT2D eigenvalue weighted by Crippen LogP contribution is -2.39. The minimum atomic E-state index is 0.0847. The Balaban J connectivity index is 1.95. The van der Waals surface area contributed by atoms with Crippen molar-refractivity contribution in [3.63, 3.8) is 0 Å². The van der Waals surface area contributed by atoms with Gasteiger partial charge in [0.1, 0.15) is 0 Å². The molecule has 0 aromatic rings. The third-order valence-corrected chi connectivity index (χ3v) is 2.98. The van der Waals surface area contributed by atoms with Crippen LogP contribution in [0.25, 0.3) is 0 Å². The first-order chi connectivity index (χ1) is 8.18. The lowest BCUT2D eigenvalue weighted by Gasteiger charge is -2.22. The summed E-state index contributed by atoms with van der Waals surface area (Å²) in [7, 11) is 0. The van der Waals surface area contributed by atoms with Crippen molar-refractivity contribution in [2.24, 2.45) is 5.92 Å². The van der Waals surface area contributed by atoms with Gasteiger partial charge in [0, 0.05) is 19.7 Å². The molecule has 1 atom stereocenters. The van der Waals surface area contributed by atoms with Crippen molar-refractivity contribution in [2.75, 3.05) is 26.2 Å². The summed E-state index contributed by atoms with van der Waals surface area (Å²) in [4.78, 5) is 11.5. The minimum Gasteiger partial charge on any atom is -0.377 e. The molecule has 1 aliphatic heterocycles. The van der Waals surface area contributed by atoms with E-state index in [-0.39, 0.29) is 5.91 Å². The Kier molecular flexibility index (Phi) is 7.21. The summed E-state index contributed by atoms with van der Waals surface area (Å²) in [5.41, 5.74) is 0. The van der Waals surface area contributed by atoms with E-state index in [9.17, 15) is 4.79 Å². The van der Waals surface area contributed by atoms with Gasteiger partial charge in [0.2, 0.25) is 5.91 Å². The van der Waals surface area contributed by atoms with Crippen molar-refractivity contribution in [2.45, 2.75) is 45.6 Å². The monoisotopic (exact) mass is 242 g/mol. The molecule has 1 heterocycles. The maximum absolute atomic E-state index is 11.5. The second kappa shape index (κ2) is 8.48. The predicted octanol–water partition coefficient (Wildman–Crippen LogP) is 1.31. The number of nitrogens with one attached hydrogen (secondary N) is 2. The standard InChI is InChI=1S/C13H26N2O2/c1-11(2)6-7-15-13(16)10-14-9-12-5-3-4-8-17-12/h11-12,14H,3-10H2,1-2H3,(H,15,16). The van der Waals surface area contributed by atoms with Gasteiger partial charge in [-0.1, -0.05) is 13.8 Å². The topological polar surface area (TPSA) is 50.4 Å². The van der Waals surface area contributed by atoms with Crippen molar-refractivity contribution >= 4 is 5.91 Å². The molecule has 0 aromatic carbocycles. The molecule has 1 aliphatic rings. The first-order valence-corrected chi connectivity index (χ1v) is 6.77. The molecule has 0 aromatic heterocycles. The molecule has 0 aliphatic carbocycles. The van der Waals surface area contributed by atoms with Crippen LogP contribution in [0.15, 0.2) is 0 Å². The number of hydrogen-bond acceptors (Lipinski definition) is 3. The van der Waals surface area contributed by atoms with Gasteiger partial charge in [-0.05, 0) is 31.6 Å². The highest BCUT2D eigenvalue weighted by molar-refractivity contribution is 5.77. The molecule has 4 nitrogen and oxygen atoms in total. The summed E-state index contributed by atoms with van der Waals surface area (Å²) >= 11 is 0. The second-order valence-electron chi connectivity index (χ2n) is 5.15. The first-order valence-electron chi connectivity index (χ1n) is 6.77. The van der Waals surface area contributed by atoms with E-state index >= 15 is 0 Å². The lowest BCUT2D eigenvalue weighted by atomic mass is 10.1. The van der Waals surface area contributed by atoms with Crippen molar-refractivity contribution in [3.8, 4) is 0 Å². The highest BCUT2D eigenvalue weighted by atomic mass is 16.5. The van der Waals surface area contributed by atoms with E-state index in [0.29, 0.717) is 18.6 Å². The van der Waals surface area contributed by atoms with E-state index < -0.39 is 0 Å². The van der Waals surface area contributed by atoms with Gasteiger partial charge >= 0.3 is 0 Å². The number of ether oxygens (including phenoxy) is 1. The van der Waals surface area contributed by atoms with Gasteiger partial charge in [0.25, 0.3) is 0 Å². The molecule has 1 amide bonds. The molecular weight excluding hydrogens is 216 g/mol. The zero-order valence-electron chi connectivity index (χ0n) is 11.1. The highest BCUT2D eigenvalue weighted by Gasteiger charge is 2.13. The van der Waals surface area contributed by atoms with E-state index in [4.69, 9.17) is 4.74 Å². The number of carbonyl (C=O) groups excluding carboxylic acids is 1. The molecule has 100 valence electrons. The average molecular weight is 242 g/mol. The van der Waals surface area contributed by atoms with Crippen LogP contribution >= 0.6 is 0 Å². The normalized spacial score (nSPS) is 20.5. The van der Waals surface area contributed by atoms with Crippen LogP contribution in [0.5, 0.6) is 0 Å². The fourth-order valence-electron chi connectivity index (χ4n) is 1.88. The molecule has 2 N–H and O–H groups in total. The van der Waals surface area contributed by atoms with Crippen LogP contribution in [0, 0.1) is 5.92 Å². The highest BCUT2D eigenvalue weighted by Crippen LogP contribution is 2.11. The third kappa shape index (κ3) is 7.34. The summed E-state index contributed by atoms with van der Waals surface area (Å²) in [6, 6.07) is 0. The fourth-order valence-corrected chi connectivity index (χ4v) is 1.88. The Morgan fingerprint density at radius 1 is 1.41 bits per heavy atom. The molecule has 1 fully saturated rings. The van der Waals surface area contributed by atoms with Gasteiger partial charge in [-0.2, -0.15) is 0 Å². The second-order valence-corrected chi connectivity index (χ2v) is 5.15. The molecular formula is C13H26N2O2. The van der Waals surface area contributed by atoms with E-state index in [2.05, 4.69) is 24.5 Å². The van der Waals surface area contributed by atoms with Crippen LogP contribution in [0.3, 0.4) is 0 Å². The SMILES string of the molecule is CC(C)CCNC(=O)CNCC1CCCCO1. The van der Waals surface area contributed by atoms with Crippen LogP contribution < -0.4 is 10.6 Å². The molecule has 0 spiro atoms. The fraction of sp³-hybridized carbons (Fsp3) is 0.923. The average Bonchev–Trinajstić information content (AvgIpc) is 2.30. The Morgan fingerprint density at radius 2 is 2.24 bits per heavy atom. The quantitative estimate of drug-likeness (QED) is 0.707. The van der Waals surface area contributed by atoms with Crippen LogP contribution in [-0.4, -0.2) is 38.3 Å². The van der Waals surface area contributed by atoms with Gasteiger partial charge in [-0.3, -0.25) is 4.79 Å². The first kappa shape index (κ1) is 14.5. The molecule has 0 saturated carbocycles. The van der Waals surface area contributed by atoms with Crippen LogP contribution in [-0.2, 0) is 9.53 Å². The molecule has 1 saturated heterocycles. The molecule has 0 bridgehead atoms. The molecule has 1 unspecified atom stereocenters. The van der Waals surface area contributed by atoms with E-state index in [1.165, 1.54) is 12.8 Å². The Morgan fingerprint density at radius 3 is 2.88 bits per heavy atom. The van der Waals surface area contributed by atoms with Crippen LogP contribution in [0.2, 0.25) is 0 Å². The van der Waals surface area contributed by atoms with Crippen molar-refractivity contribution in [1.82, 2.24) is 10.6 Å². The van der Waals surface area contributed by atoms with Gasteiger partial charge in [-0.15, -0.1) is 0 Å². The summed E-state index contributed by atoms with van der Waals surface area (Å²) in [6.07, 6.45) is 4.87. The minimum absolute atomic E-state index is 0.0847. The number of carbonyl (C=O) groups is 1. The molecule has 0 radical (unpaired) electrons. The largest absolute Gasteiger partial charge is 0.377 e. The summed E-state index contributed by atoms with van der Waals surface area (Å²) in [5.74, 6) is 0.723. The predicted molar refractivity (Wildman–Crippen MR) is 68.9 cm³/mol. The van der Waals surface area contributed by atoms with Crippen molar-refractivity contribution in [3.05, 3.63) is 0 Å². The zero-order valence-corrected chi connectivity index (χ0v) is 11.1. The van der Waals surface area contributed by atoms with Crippen molar-refractivity contribution in [1.29, 1.82) is 0 Å². The maximum Gasteiger partial charge on any atom is 0.233 e. The smallest absolute Gasteiger partial charge is 0.233 e. The Labute approximate surface area is 104 Å². The Hall–Kier alpha value is -0.610. The Bertz CT molecular complexity index is 213. The third-order valence-electron chi connectivity index (χ3n) is 2.98. The number of rotatable bonds is 7.